The van der Waals surface area contributed by atoms with E-state index in [1.165, 1.54) is 6.21 Å². The number of hydrogen-bond donors (Lipinski definition) is 2. The molecule has 2 N–H and O–H groups in total. The number of carbonyl (C=O) groups excluding carboxylic acids is 2. The molecule has 2 aromatic carbocycles. The van der Waals surface area contributed by atoms with Crippen LogP contribution in [-0.4, -0.2) is 24.8 Å². The molecule has 2 aromatic rings. The first-order valence-electron chi connectivity index (χ1n) is 7.79. The van der Waals surface area contributed by atoms with Crippen molar-refractivity contribution < 1.29 is 19.1 Å². The van der Waals surface area contributed by atoms with Crippen LogP contribution in [0.2, 0.25) is 0 Å². The summed E-state index contributed by atoms with van der Waals surface area (Å²) < 4.78 is 10.7. The van der Waals surface area contributed by atoms with E-state index in [9.17, 15) is 9.59 Å². The highest BCUT2D eigenvalue weighted by molar-refractivity contribution is 5.97. The molecule has 1 heterocycles. The lowest BCUT2D eigenvalue weighted by Crippen LogP contribution is -2.18. The van der Waals surface area contributed by atoms with Gasteiger partial charge in [0.15, 0.2) is 11.5 Å². The normalized spacial score (nSPS) is 12.2. The number of amides is 2. The third-order valence-corrected chi connectivity index (χ3v) is 3.53. The van der Waals surface area contributed by atoms with Gasteiger partial charge in [0.25, 0.3) is 5.91 Å². The van der Waals surface area contributed by atoms with E-state index < -0.39 is 0 Å². The number of anilines is 1. The lowest BCUT2D eigenvalue weighted by atomic mass is 10.2. The highest BCUT2D eigenvalue weighted by atomic mass is 16.7. The standard InChI is InChI=1S/C18H17N3O4/c1-2-16(22)20-14-7-3-5-12(9-14)18(23)21-19-10-13-6-4-8-15-17(13)25-11-24-15/h3-10H,2,11H2,1H3,(H,20,22)(H,21,23). The first-order chi connectivity index (χ1) is 12.2. The first kappa shape index (κ1) is 16.5. The van der Waals surface area contributed by atoms with Crippen molar-refractivity contribution in [2.45, 2.75) is 13.3 Å². The van der Waals surface area contributed by atoms with Gasteiger partial charge in [0.1, 0.15) is 0 Å². The van der Waals surface area contributed by atoms with Crippen LogP contribution < -0.4 is 20.2 Å². The molecule has 0 saturated carbocycles. The maximum absolute atomic E-state index is 12.2. The van der Waals surface area contributed by atoms with E-state index in [1.807, 2.05) is 12.1 Å². The van der Waals surface area contributed by atoms with E-state index in [0.29, 0.717) is 34.7 Å². The van der Waals surface area contributed by atoms with E-state index in [-0.39, 0.29) is 18.6 Å². The lowest BCUT2D eigenvalue weighted by molar-refractivity contribution is -0.115. The number of ether oxygens (including phenoxy) is 2. The minimum Gasteiger partial charge on any atom is -0.454 e. The highest BCUT2D eigenvalue weighted by Gasteiger charge is 2.16. The number of fused-ring (bicyclic) bond motifs is 1. The molecule has 1 aliphatic rings. The van der Waals surface area contributed by atoms with Crippen LogP contribution in [0.3, 0.4) is 0 Å². The molecule has 2 amide bonds. The third-order valence-electron chi connectivity index (χ3n) is 3.53. The molecular formula is C18H17N3O4. The van der Waals surface area contributed by atoms with Gasteiger partial charge in [-0.3, -0.25) is 9.59 Å². The molecule has 7 nitrogen and oxygen atoms in total. The molecule has 25 heavy (non-hydrogen) atoms. The summed E-state index contributed by atoms with van der Waals surface area (Å²) in [5.74, 6) is 0.753. The number of carbonyl (C=O) groups is 2. The Balaban J connectivity index is 1.66. The molecule has 0 aliphatic carbocycles. The lowest BCUT2D eigenvalue weighted by Gasteiger charge is -2.05. The van der Waals surface area contributed by atoms with Crippen LogP contribution in [0, 0.1) is 0 Å². The fourth-order valence-electron chi connectivity index (χ4n) is 2.27. The largest absolute Gasteiger partial charge is 0.454 e. The van der Waals surface area contributed by atoms with Gasteiger partial charge in [0.2, 0.25) is 12.7 Å². The van der Waals surface area contributed by atoms with Crippen LogP contribution in [0.5, 0.6) is 11.5 Å². The molecule has 0 spiro atoms. The number of benzene rings is 2. The summed E-state index contributed by atoms with van der Waals surface area (Å²) in [6.07, 6.45) is 1.86. The van der Waals surface area contributed by atoms with Crippen molar-refractivity contribution in [3.63, 3.8) is 0 Å². The second-order valence-corrected chi connectivity index (χ2v) is 5.26. The molecule has 0 aromatic heterocycles. The van der Waals surface area contributed by atoms with Crippen molar-refractivity contribution in [2.24, 2.45) is 5.10 Å². The number of nitrogens with one attached hydrogen (secondary N) is 2. The quantitative estimate of drug-likeness (QED) is 0.647. The summed E-state index contributed by atoms with van der Waals surface area (Å²) in [6.45, 7) is 1.93. The SMILES string of the molecule is CCC(=O)Nc1cccc(C(=O)NN=Cc2cccc3c2OCO3)c1. The Kier molecular flexibility index (Phi) is 4.94. The van der Waals surface area contributed by atoms with Crippen LogP contribution in [0.4, 0.5) is 5.69 Å². The molecule has 7 heteroatoms. The summed E-state index contributed by atoms with van der Waals surface area (Å²) >= 11 is 0. The Bertz CT molecular complexity index is 833. The zero-order chi connectivity index (χ0) is 17.6. The fraction of sp³-hybridized carbons (Fsp3) is 0.167. The van der Waals surface area contributed by atoms with E-state index >= 15 is 0 Å². The topological polar surface area (TPSA) is 89.0 Å². The molecule has 0 radical (unpaired) electrons. The maximum Gasteiger partial charge on any atom is 0.271 e. The molecular weight excluding hydrogens is 322 g/mol. The van der Waals surface area contributed by atoms with E-state index in [1.54, 1.807) is 37.3 Å². The molecule has 0 fully saturated rings. The van der Waals surface area contributed by atoms with Crippen LogP contribution in [0.1, 0.15) is 29.3 Å². The van der Waals surface area contributed by atoms with Crippen molar-refractivity contribution in [2.75, 3.05) is 12.1 Å². The van der Waals surface area contributed by atoms with Crippen molar-refractivity contribution in [3.05, 3.63) is 53.6 Å². The summed E-state index contributed by atoms with van der Waals surface area (Å²) in [7, 11) is 0. The number of hydrogen-bond acceptors (Lipinski definition) is 5. The Labute approximate surface area is 144 Å². The fourth-order valence-corrected chi connectivity index (χ4v) is 2.27. The van der Waals surface area contributed by atoms with Crippen LogP contribution in [-0.2, 0) is 4.79 Å². The van der Waals surface area contributed by atoms with Gasteiger partial charge < -0.3 is 14.8 Å². The van der Waals surface area contributed by atoms with Gasteiger partial charge in [-0.2, -0.15) is 5.10 Å². The Morgan fingerprint density at radius 2 is 2.04 bits per heavy atom. The highest BCUT2D eigenvalue weighted by Crippen LogP contribution is 2.34. The summed E-state index contributed by atoms with van der Waals surface area (Å²) in [4.78, 5) is 23.6. The zero-order valence-corrected chi connectivity index (χ0v) is 13.6. The molecule has 0 saturated heterocycles. The number of hydrazone groups is 1. The Morgan fingerprint density at radius 1 is 1.20 bits per heavy atom. The third kappa shape index (κ3) is 3.95. The van der Waals surface area contributed by atoms with Crippen molar-refractivity contribution in [1.29, 1.82) is 0 Å². The van der Waals surface area contributed by atoms with E-state index in [0.717, 1.165) is 0 Å². The second kappa shape index (κ2) is 7.48. The van der Waals surface area contributed by atoms with Crippen molar-refractivity contribution in [3.8, 4) is 11.5 Å². The van der Waals surface area contributed by atoms with Gasteiger partial charge in [-0.1, -0.05) is 19.1 Å². The average Bonchev–Trinajstić information content (AvgIpc) is 3.11. The van der Waals surface area contributed by atoms with Crippen molar-refractivity contribution in [1.82, 2.24) is 5.43 Å². The van der Waals surface area contributed by atoms with Gasteiger partial charge in [-0.25, -0.2) is 5.43 Å². The number of nitrogens with zero attached hydrogens (tertiary/aromatic N) is 1. The van der Waals surface area contributed by atoms with Gasteiger partial charge in [-0.05, 0) is 30.3 Å². The monoisotopic (exact) mass is 339 g/mol. The first-order valence-corrected chi connectivity index (χ1v) is 7.79. The number of rotatable bonds is 5. The molecule has 0 atom stereocenters. The summed E-state index contributed by atoms with van der Waals surface area (Å²) in [6, 6.07) is 12.1. The van der Waals surface area contributed by atoms with Gasteiger partial charge in [0, 0.05) is 23.2 Å². The zero-order valence-electron chi connectivity index (χ0n) is 13.6. The van der Waals surface area contributed by atoms with E-state index in [2.05, 4.69) is 15.8 Å². The Hall–Kier alpha value is -3.35. The van der Waals surface area contributed by atoms with Crippen LogP contribution in [0.25, 0.3) is 0 Å². The Morgan fingerprint density at radius 3 is 2.88 bits per heavy atom. The predicted octanol–water partition coefficient (Wildman–Crippen LogP) is 2.53. The van der Waals surface area contributed by atoms with Gasteiger partial charge >= 0.3 is 0 Å². The maximum atomic E-state index is 12.2. The van der Waals surface area contributed by atoms with E-state index in [4.69, 9.17) is 9.47 Å². The van der Waals surface area contributed by atoms with Gasteiger partial charge in [-0.15, -0.1) is 0 Å². The second-order valence-electron chi connectivity index (χ2n) is 5.26. The van der Waals surface area contributed by atoms with Gasteiger partial charge in [0.05, 0.1) is 6.21 Å². The molecule has 0 bridgehead atoms. The minimum atomic E-state index is -0.381. The molecule has 1 aliphatic heterocycles. The number of para-hydroxylation sites is 1. The molecule has 0 unspecified atom stereocenters. The average molecular weight is 339 g/mol. The molecule has 3 rings (SSSR count). The predicted molar refractivity (Wildman–Crippen MR) is 93.0 cm³/mol. The van der Waals surface area contributed by atoms with Crippen LogP contribution in [0.15, 0.2) is 47.6 Å². The minimum absolute atomic E-state index is 0.115. The summed E-state index contributed by atoms with van der Waals surface area (Å²) in [5.41, 5.74) is 4.12. The van der Waals surface area contributed by atoms with Crippen molar-refractivity contribution >= 4 is 23.7 Å². The smallest absolute Gasteiger partial charge is 0.271 e. The molecule has 128 valence electrons. The summed E-state index contributed by atoms with van der Waals surface area (Å²) in [5, 5.41) is 6.66. The van der Waals surface area contributed by atoms with Crippen LogP contribution >= 0.6 is 0 Å².